The molecular weight excluding hydrogens is 410 g/mol. The first-order chi connectivity index (χ1) is 16.6. The van der Waals surface area contributed by atoms with Gasteiger partial charge in [0.25, 0.3) is 0 Å². The summed E-state index contributed by atoms with van der Waals surface area (Å²) in [6.07, 6.45) is 8.04. The third-order valence-electron chi connectivity index (χ3n) is 9.13. The van der Waals surface area contributed by atoms with Crippen LogP contribution in [0.25, 0.3) is 37.9 Å². The van der Waals surface area contributed by atoms with E-state index in [1.807, 2.05) is 0 Å². The first-order valence-corrected chi connectivity index (χ1v) is 12.9. The summed E-state index contributed by atoms with van der Waals surface area (Å²) in [7, 11) is 4.92. The lowest BCUT2D eigenvalue weighted by Crippen LogP contribution is -2.54. The summed E-state index contributed by atoms with van der Waals surface area (Å²) in [5.74, 6) is 0.657. The van der Waals surface area contributed by atoms with Gasteiger partial charge >= 0.3 is 0 Å². The molecule has 34 heavy (non-hydrogen) atoms. The molecule has 2 atom stereocenters. The Labute approximate surface area is 202 Å². The second-order valence-corrected chi connectivity index (χ2v) is 11.2. The van der Waals surface area contributed by atoms with Crippen LogP contribution >= 0.6 is 0 Å². The van der Waals surface area contributed by atoms with E-state index < -0.39 is 0 Å². The topological polar surface area (TPSA) is 0 Å². The van der Waals surface area contributed by atoms with E-state index >= 15 is 0 Å². The molecule has 2 unspecified atom stereocenters. The van der Waals surface area contributed by atoms with Crippen LogP contribution in [-0.4, -0.2) is 30.7 Å². The zero-order valence-electron chi connectivity index (χ0n) is 20.2. The number of quaternary nitrogens is 1. The Kier molecular flexibility index (Phi) is 4.41. The summed E-state index contributed by atoms with van der Waals surface area (Å²) < 4.78 is 1.23. The second kappa shape index (κ2) is 7.42. The van der Waals surface area contributed by atoms with Crippen LogP contribution in [0.5, 0.6) is 0 Å². The fraction of sp³-hybridized carbons (Fsp3) is 0.273. The van der Waals surface area contributed by atoms with Crippen molar-refractivity contribution in [1.82, 2.24) is 0 Å². The van der Waals surface area contributed by atoms with Crippen LogP contribution in [0.3, 0.4) is 0 Å². The minimum atomic E-state index is 0.657. The maximum atomic E-state index is 2.63. The smallest absolute Gasteiger partial charge is 0.0896 e. The zero-order valence-corrected chi connectivity index (χ0v) is 20.2. The van der Waals surface area contributed by atoms with Gasteiger partial charge in [-0.3, -0.25) is 0 Å². The molecule has 0 spiro atoms. The predicted octanol–water partition coefficient (Wildman–Crippen LogP) is 8.03. The number of rotatable bonds is 3. The Morgan fingerprint density at radius 3 is 1.82 bits per heavy atom. The van der Waals surface area contributed by atoms with E-state index in [4.69, 9.17) is 0 Å². The van der Waals surface area contributed by atoms with Crippen LogP contribution in [0, 0.1) is 5.92 Å². The van der Waals surface area contributed by atoms with Crippen LogP contribution in [0.1, 0.15) is 36.8 Å². The molecule has 2 bridgehead atoms. The van der Waals surface area contributed by atoms with E-state index in [0.717, 1.165) is 12.1 Å². The number of fused-ring (bicyclic) bond motifs is 2. The van der Waals surface area contributed by atoms with Gasteiger partial charge in [0.05, 0.1) is 26.2 Å². The van der Waals surface area contributed by atoms with Crippen LogP contribution in [-0.2, 0) is 0 Å². The zero-order chi connectivity index (χ0) is 22.9. The fourth-order valence-corrected chi connectivity index (χ4v) is 7.18. The SMILES string of the molecule is C[N+]1(C)C2CCC1CC(C=C(c1ccccc1)c1cc3ccc4cccc5ccc(c1)c3c45)C2. The van der Waals surface area contributed by atoms with Crippen LogP contribution in [0.15, 0.2) is 91.0 Å². The lowest BCUT2D eigenvalue weighted by Gasteiger charge is -2.44. The molecule has 0 aliphatic carbocycles. The predicted molar refractivity (Wildman–Crippen MR) is 145 cm³/mol. The quantitative estimate of drug-likeness (QED) is 0.196. The summed E-state index contributed by atoms with van der Waals surface area (Å²) in [5.41, 5.74) is 4.09. The van der Waals surface area contributed by atoms with Crippen molar-refractivity contribution in [2.24, 2.45) is 5.92 Å². The van der Waals surface area contributed by atoms with E-state index in [1.165, 1.54) is 79.2 Å². The van der Waals surface area contributed by atoms with Crippen LogP contribution in [0.4, 0.5) is 0 Å². The Morgan fingerprint density at radius 2 is 1.21 bits per heavy atom. The molecule has 168 valence electrons. The van der Waals surface area contributed by atoms with Crippen molar-refractivity contribution in [1.29, 1.82) is 0 Å². The number of hydrogen-bond acceptors (Lipinski definition) is 0. The minimum Gasteiger partial charge on any atom is -0.324 e. The molecular formula is C33H32N+. The summed E-state index contributed by atoms with van der Waals surface area (Å²) in [4.78, 5) is 0. The Hall–Kier alpha value is -3.16. The van der Waals surface area contributed by atoms with Gasteiger partial charge in [0.1, 0.15) is 0 Å². The standard InChI is InChI=1S/C33H32N/c1-34(2)29-15-16-30(34)18-22(17-29)19-31(23-7-4-3-5-8-23)28-20-26-13-11-24-9-6-10-25-12-14-27(21-28)33(26)32(24)25/h3-14,19-22,29-30H,15-18H2,1-2H3/q+1. The highest BCUT2D eigenvalue weighted by Gasteiger charge is 2.48. The average Bonchev–Trinajstić information content (AvgIpc) is 3.01. The molecule has 0 amide bonds. The third-order valence-corrected chi connectivity index (χ3v) is 9.13. The van der Waals surface area contributed by atoms with E-state index in [9.17, 15) is 0 Å². The fourth-order valence-electron chi connectivity index (χ4n) is 7.18. The second-order valence-electron chi connectivity index (χ2n) is 11.2. The highest BCUT2D eigenvalue weighted by molar-refractivity contribution is 6.23. The molecule has 0 radical (unpaired) electrons. The Morgan fingerprint density at radius 1 is 0.647 bits per heavy atom. The van der Waals surface area contributed by atoms with Crippen molar-refractivity contribution in [3.05, 3.63) is 102 Å². The molecule has 0 aromatic heterocycles. The first kappa shape index (κ1) is 20.2. The first-order valence-electron chi connectivity index (χ1n) is 12.9. The molecule has 7 rings (SSSR count). The van der Waals surface area contributed by atoms with Crippen molar-refractivity contribution in [3.63, 3.8) is 0 Å². The maximum Gasteiger partial charge on any atom is 0.0896 e. The molecule has 2 fully saturated rings. The summed E-state index contributed by atoms with van der Waals surface area (Å²) in [6, 6.07) is 33.4. The minimum absolute atomic E-state index is 0.657. The molecule has 0 saturated carbocycles. The van der Waals surface area contributed by atoms with Crippen molar-refractivity contribution in [2.45, 2.75) is 37.8 Å². The molecule has 1 heteroatoms. The number of allylic oxidation sites excluding steroid dienone is 1. The number of hydrogen-bond donors (Lipinski definition) is 0. The monoisotopic (exact) mass is 442 g/mol. The number of benzene rings is 5. The molecule has 2 aliphatic rings. The van der Waals surface area contributed by atoms with Gasteiger partial charge in [-0.1, -0.05) is 78.9 Å². The van der Waals surface area contributed by atoms with Gasteiger partial charge in [0.15, 0.2) is 0 Å². The maximum absolute atomic E-state index is 2.63. The summed E-state index contributed by atoms with van der Waals surface area (Å²) >= 11 is 0. The van der Waals surface area contributed by atoms with E-state index in [0.29, 0.717) is 5.92 Å². The molecule has 5 aromatic carbocycles. The van der Waals surface area contributed by atoms with Crippen LogP contribution in [0.2, 0.25) is 0 Å². The Bertz CT molecular complexity index is 1460. The summed E-state index contributed by atoms with van der Waals surface area (Å²) in [6.45, 7) is 0. The molecule has 2 heterocycles. The van der Waals surface area contributed by atoms with Gasteiger partial charge < -0.3 is 4.48 Å². The summed E-state index contributed by atoms with van der Waals surface area (Å²) in [5, 5.41) is 8.17. The van der Waals surface area contributed by atoms with Crippen LogP contribution < -0.4 is 0 Å². The van der Waals surface area contributed by atoms with Gasteiger partial charge in [-0.15, -0.1) is 0 Å². The lowest BCUT2D eigenvalue weighted by molar-refractivity contribution is -0.931. The van der Waals surface area contributed by atoms with Gasteiger partial charge in [-0.2, -0.15) is 0 Å². The van der Waals surface area contributed by atoms with Gasteiger partial charge in [-0.05, 0) is 67.1 Å². The molecule has 5 aromatic rings. The molecule has 2 aliphatic heterocycles. The lowest BCUT2D eigenvalue weighted by atomic mass is 9.84. The van der Waals surface area contributed by atoms with E-state index in [2.05, 4.69) is 105 Å². The molecule has 0 N–H and O–H groups in total. The van der Waals surface area contributed by atoms with Crippen molar-refractivity contribution >= 4 is 37.9 Å². The van der Waals surface area contributed by atoms with Gasteiger partial charge in [-0.25, -0.2) is 0 Å². The highest BCUT2D eigenvalue weighted by Crippen LogP contribution is 2.44. The van der Waals surface area contributed by atoms with E-state index in [1.54, 1.807) is 0 Å². The molecule has 1 nitrogen and oxygen atoms in total. The van der Waals surface area contributed by atoms with Gasteiger partial charge in [0, 0.05) is 25.7 Å². The van der Waals surface area contributed by atoms with Crippen molar-refractivity contribution in [2.75, 3.05) is 14.1 Å². The van der Waals surface area contributed by atoms with Crippen molar-refractivity contribution in [3.8, 4) is 0 Å². The normalized spacial score (nSPS) is 24.4. The third kappa shape index (κ3) is 3.03. The number of piperidine rings is 1. The average molecular weight is 443 g/mol. The van der Waals surface area contributed by atoms with E-state index in [-0.39, 0.29) is 0 Å². The van der Waals surface area contributed by atoms with Crippen molar-refractivity contribution < 1.29 is 4.48 Å². The highest BCUT2D eigenvalue weighted by atomic mass is 15.4. The number of nitrogens with zero attached hydrogens (tertiary/aromatic N) is 1. The Balaban J connectivity index is 1.40. The van der Waals surface area contributed by atoms with Gasteiger partial charge in [0.2, 0.25) is 0 Å². The molecule has 2 saturated heterocycles. The largest absolute Gasteiger partial charge is 0.324 e.